The summed E-state index contributed by atoms with van der Waals surface area (Å²) in [6, 6.07) is 5.86. The van der Waals surface area contributed by atoms with Gasteiger partial charge in [-0.05, 0) is 42.9 Å². The number of hydrogen-bond donors (Lipinski definition) is 2. The van der Waals surface area contributed by atoms with Crippen LogP contribution < -0.4 is 10.6 Å². The molecule has 2 N–H and O–H groups in total. The first-order valence-electron chi connectivity index (χ1n) is 8.49. The molecular weight excluding hydrogens is 434 g/mol. The summed E-state index contributed by atoms with van der Waals surface area (Å²) >= 11 is 0. The van der Waals surface area contributed by atoms with Crippen molar-refractivity contribution in [2.75, 3.05) is 32.0 Å². The number of benzene rings is 1. The minimum Gasteiger partial charge on any atom is -0.347 e. The zero-order valence-corrected chi connectivity index (χ0v) is 17.4. The molecule has 25 heavy (non-hydrogen) atoms. The predicted octanol–water partition coefficient (Wildman–Crippen LogP) is 3.33. The normalized spacial score (nSPS) is 17.4. The van der Waals surface area contributed by atoms with Crippen LogP contribution in [-0.4, -0.2) is 43.4 Å². The zero-order chi connectivity index (χ0) is 17.5. The van der Waals surface area contributed by atoms with Crippen molar-refractivity contribution in [3.8, 4) is 0 Å². The van der Waals surface area contributed by atoms with E-state index >= 15 is 0 Å². The van der Waals surface area contributed by atoms with Gasteiger partial charge >= 0.3 is 0 Å². The molecule has 5 nitrogen and oxygen atoms in total. The Morgan fingerprint density at radius 3 is 2.84 bits per heavy atom. The van der Waals surface area contributed by atoms with E-state index in [2.05, 4.69) is 34.4 Å². The number of guanidine groups is 1. The van der Waals surface area contributed by atoms with Crippen LogP contribution in [-0.2, 0) is 4.79 Å². The summed E-state index contributed by atoms with van der Waals surface area (Å²) in [7, 11) is 1.72. The van der Waals surface area contributed by atoms with Crippen LogP contribution in [0.1, 0.15) is 26.7 Å². The number of anilines is 1. The Morgan fingerprint density at radius 1 is 1.44 bits per heavy atom. The van der Waals surface area contributed by atoms with Crippen molar-refractivity contribution in [1.29, 1.82) is 0 Å². The smallest absolute Gasteiger partial charge is 0.243 e. The van der Waals surface area contributed by atoms with Crippen molar-refractivity contribution in [3.05, 3.63) is 30.1 Å². The first-order valence-corrected chi connectivity index (χ1v) is 8.49. The number of halogens is 2. The zero-order valence-electron chi connectivity index (χ0n) is 15.1. The maximum absolute atomic E-state index is 13.1. The summed E-state index contributed by atoms with van der Waals surface area (Å²) in [6.45, 7) is 6.53. The van der Waals surface area contributed by atoms with E-state index in [1.807, 2.05) is 0 Å². The summed E-state index contributed by atoms with van der Waals surface area (Å²) in [6.07, 6.45) is 2.38. The number of carbonyl (C=O) groups excluding carboxylic acids is 1. The van der Waals surface area contributed by atoms with E-state index in [1.165, 1.54) is 18.6 Å². The second-order valence-electron chi connectivity index (χ2n) is 6.69. The number of aliphatic imine (C=N–C) groups is 1. The lowest BCUT2D eigenvalue weighted by atomic mass is 9.97. The van der Waals surface area contributed by atoms with Gasteiger partial charge in [0.2, 0.25) is 5.91 Å². The number of nitrogens with one attached hydrogen (secondary N) is 2. The van der Waals surface area contributed by atoms with Gasteiger partial charge in [-0.2, -0.15) is 0 Å². The summed E-state index contributed by atoms with van der Waals surface area (Å²) in [4.78, 5) is 18.5. The molecule has 0 aliphatic carbocycles. The van der Waals surface area contributed by atoms with Crippen molar-refractivity contribution in [2.24, 2.45) is 16.8 Å². The molecule has 1 fully saturated rings. The minimum atomic E-state index is -0.371. The topological polar surface area (TPSA) is 56.7 Å². The van der Waals surface area contributed by atoms with Crippen molar-refractivity contribution in [1.82, 2.24) is 10.2 Å². The molecule has 0 aromatic heterocycles. The van der Waals surface area contributed by atoms with Crippen LogP contribution in [0, 0.1) is 17.7 Å². The van der Waals surface area contributed by atoms with Crippen LogP contribution >= 0.6 is 24.0 Å². The molecule has 0 radical (unpaired) electrons. The summed E-state index contributed by atoms with van der Waals surface area (Å²) in [5.74, 6) is 1.53. The Morgan fingerprint density at radius 2 is 2.20 bits per heavy atom. The van der Waals surface area contributed by atoms with Crippen molar-refractivity contribution in [3.63, 3.8) is 0 Å². The van der Waals surface area contributed by atoms with E-state index in [1.54, 1.807) is 19.2 Å². The molecule has 1 atom stereocenters. The van der Waals surface area contributed by atoms with Gasteiger partial charge < -0.3 is 15.5 Å². The molecule has 0 spiro atoms. The highest BCUT2D eigenvalue weighted by atomic mass is 127. The molecule has 1 heterocycles. The predicted molar refractivity (Wildman–Crippen MR) is 111 cm³/mol. The molecule has 0 saturated carbocycles. The number of carbonyl (C=O) groups is 1. The molecule has 140 valence electrons. The molecule has 7 heteroatoms. The second kappa shape index (κ2) is 10.6. The SMILES string of the molecule is CN=C(NCC(=O)Nc1cccc(F)c1)N1CCC(CC(C)C)C1.I. The maximum Gasteiger partial charge on any atom is 0.243 e. The highest BCUT2D eigenvalue weighted by Crippen LogP contribution is 2.23. The first kappa shape index (κ1) is 21.7. The molecule has 1 aliphatic heterocycles. The highest BCUT2D eigenvalue weighted by Gasteiger charge is 2.25. The number of nitrogens with zero attached hydrogens (tertiary/aromatic N) is 2. The fraction of sp³-hybridized carbons (Fsp3) is 0.556. The van der Waals surface area contributed by atoms with Crippen molar-refractivity contribution in [2.45, 2.75) is 26.7 Å². The van der Waals surface area contributed by atoms with Gasteiger partial charge in [0.05, 0.1) is 6.54 Å². The third kappa shape index (κ3) is 7.17. The molecule has 0 bridgehead atoms. The number of amides is 1. The molecule has 1 aliphatic rings. The molecule has 1 aromatic rings. The lowest BCUT2D eigenvalue weighted by molar-refractivity contribution is -0.115. The van der Waals surface area contributed by atoms with Gasteiger partial charge in [0, 0.05) is 25.8 Å². The third-order valence-electron chi connectivity index (χ3n) is 4.12. The first-order chi connectivity index (χ1) is 11.5. The number of likely N-dealkylation sites (tertiary alicyclic amines) is 1. The van der Waals surface area contributed by atoms with Crippen LogP contribution in [0.2, 0.25) is 0 Å². The quantitative estimate of drug-likeness (QED) is 0.401. The molecule has 1 unspecified atom stereocenters. The van der Waals surface area contributed by atoms with Gasteiger partial charge in [0.1, 0.15) is 5.82 Å². The summed E-state index contributed by atoms with van der Waals surface area (Å²) in [5, 5.41) is 5.76. The monoisotopic (exact) mass is 462 g/mol. The van der Waals surface area contributed by atoms with Gasteiger partial charge in [-0.15, -0.1) is 24.0 Å². The lowest BCUT2D eigenvalue weighted by Gasteiger charge is -2.22. The molecular formula is C18H28FIN4O. The summed E-state index contributed by atoms with van der Waals surface area (Å²) in [5.41, 5.74) is 0.454. The molecule has 1 amide bonds. The molecule has 2 rings (SSSR count). The average molecular weight is 462 g/mol. The van der Waals surface area contributed by atoms with Crippen LogP contribution in [0.4, 0.5) is 10.1 Å². The van der Waals surface area contributed by atoms with Gasteiger partial charge in [-0.25, -0.2) is 4.39 Å². The van der Waals surface area contributed by atoms with Crippen molar-refractivity contribution >= 4 is 41.5 Å². The van der Waals surface area contributed by atoms with Crippen molar-refractivity contribution < 1.29 is 9.18 Å². The Kier molecular flexibility index (Phi) is 9.16. The Bertz CT molecular complexity index is 594. The van der Waals surface area contributed by atoms with E-state index in [9.17, 15) is 9.18 Å². The molecule has 1 aromatic carbocycles. The van der Waals surface area contributed by atoms with Crippen LogP contribution in [0.25, 0.3) is 0 Å². The van der Waals surface area contributed by atoms with Crippen LogP contribution in [0.5, 0.6) is 0 Å². The van der Waals surface area contributed by atoms with E-state index in [-0.39, 0.29) is 42.2 Å². The highest BCUT2D eigenvalue weighted by molar-refractivity contribution is 14.0. The third-order valence-corrected chi connectivity index (χ3v) is 4.12. The van der Waals surface area contributed by atoms with Gasteiger partial charge in [0.25, 0.3) is 0 Å². The molecule has 1 saturated heterocycles. The van der Waals surface area contributed by atoms with Gasteiger partial charge in [-0.3, -0.25) is 9.79 Å². The average Bonchev–Trinajstić information content (AvgIpc) is 2.95. The van der Waals surface area contributed by atoms with Gasteiger partial charge in [-0.1, -0.05) is 19.9 Å². The fourth-order valence-corrected chi connectivity index (χ4v) is 3.15. The largest absolute Gasteiger partial charge is 0.347 e. The lowest BCUT2D eigenvalue weighted by Crippen LogP contribution is -2.43. The maximum atomic E-state index is 13.1. The van der Waals surface area contributed by atoms with Crippen LogP contribution in [0.15, 0.2) is 29.3 Å². The Hall–Kier alpha value is -1.38. The Balaban J connectivity index is 0.00000312. The van der Waals surface area contributed by atoms with Crippen LogP contribution in [0.3, 0.4) is 0 Å². The number of hydrogen-bond acceptors (Lipinski definition) is 2. The standard InChI is InChI=1S/C18H27FN4O.HI/c1-13(2)9-14-7-8-23(12-14)18(20-3)21-11-17(24)22-16-6-4-5-15(19)10-16;/h4-6,10,13-14H,7-9,11-12H2,1-3H3,(H,20,21)(H,22,24);1H. The van der Waals surface area contributed by atoms with E-state index in [0.29, 0.717) is 17.5 Å². The minimum absolute atomic E-state index is 0. The van der Waals surface area contributed by atoms with E-state index < -0.39 is 0 Å². The number of rotatable bonds is 5. The second-order valence-corrected chi connectivity index (χ2v) is 6.69. The van der Waals surface area contributed by atoms with E-state index in [4.69, 9.17) is 0 Å². The van der Waals surface area contributed by atoms with Gasteiger partial charge in [0.15, 0.2) is 5.96 Å². The van der Waals surface area contributed by atoms with E-state index in [0.717, 1.165) is 25.5 Å². The Labute approximate surface area is 166 Å². The fourth-order valence-electron chi connectivity index (χ4n) is 3.15. The summed E-state index contributed by atoms with van der Waals surface area (Å²) < 4.78 is 13.1.